The first-order valence-corrected chi connectivity index (χ1v) is 10.4. The Balaban J connectivity index is 1.38. The van der Waals surface area contributed by atoms with Gasteiger partial charge in [0, 0.05) is 17.6 Å². The van der Waals surface area contributed by atoms with Crippen LogP contribution in [-0.2, 0) is 17.6 Å². The molecule has 6 nitrogen and oxygen atoms in total. The summed E-state index contributed by atoms with van der Waals surface area (Å²) >= 11 is 1.30. The summed E-state index contributed by atoms with van der Waals surface area (Å²) in [6, 6.07) is 17.4. The molecule has 29 heavy (non-hydrogen) atoms. The number of nitrogens with one attached hydrogen (secondary N) is 3. The average molecular weight is 409 g/mol. The van der Waals surface area contributed by atoms with E-state index in [1.54, 1.807) is 5.38 Å². The van der Waals surface area contributed by atoms with Gasteiger partial charge in [-0.05, 0) is 37.5 Å². The van der Waals surface area contributed by atoms with E-state index in [-0.39, 0.29) is 18.4 Å². The van der Waals surface area contributed by atoms with Crippen LogP contribution in [0.1, 0.15) is 23.2 Å². The molecule has 0 saturated heterocycles. The lowest BCUT2D eigenvalue weighted by Gasteiger charge is -2.05. The molecule has 0 bridgehead atoms. The van der Waals surface area contributed by atoms with Crippen LogP contribution in [0.5, 0.6) is 0 Å². The van der Waals surface area contributed by atoms with Crippen LogP contribution in [0.2, 0.25) is 0 Å². The van der Waals surface area contributed by atoms with Crippen LogP contribution in [0.25, 0.3) is 0 Å². The van der Waals surface area contributed by atoms with E-state index in [2.05, 4.69) is 33.1 Å². The second-order valence-corrected chi connectivity index (χ2v) is 7.56. The molecule has 0 saturated carbocycles. The molecule has 7 heteroatoms. The minimum atomic E-state index is -0.361. The van der Waals surface area contributed by atoms with Gasteiger partial charge in [0.2, 0.25) is 5.91 Å². The number of aromatic nitrogens is 1. The largest absolute Gasteiger partial charge is 0.356 e. The number of aryl methyl sites for hydroxylation is 2. The average Bonchev–Trinajstić information content (AvgIpc) is 3.14. The van der Waals surface area contributed by atoms with Crippen LogP contribution in [-0.4, -0.2) is 23.5 Å². The van der Waals surface area contributed by atoms with Crippen LogP contribution < -0.4 is 16.0 Å². The van der Waals surface area contributed by atoms with E-state index in [1.807, 2.05) is 49.4 Å². The molecule has 0 aliphatic heterocycles. The smallest absolute Gasteiger partial charge is 0.325 e. The topological polar surface area (TPSA) is 83.1 Å². The predicted octanol–water partition coefficient (Wildman–Crippen LogP) is 4.39. The first-order chi connectivity index (χ1) is 14.1. The van der Waals surface area contributed by atoms with Crippen molar-refractivity contribution in [3.63, 3.8) is 0 Å². The Morgan fingerprint density at radius 3 is 2.52 bits per heavy atom. The number of anilines is 2. The number of thiazole rings is 1. The maximum Gasteiger partial charge on any atom is 0.325 e. The number of carbonyl (C=O) groups excluding carboxylic acids is 2. The lowest BCUT2D eigenvalue weighted by atomic mass is 10.1. The van der Waals surface area contributed by atoms with Crippen molar-refractivity contribution in [1.82, 2.24) is 10.3 Å². The van der Waals surface area contributed by atoms with Crippen molar-refractivity contribution in [3.8, 4) is 0 Å². The van der Waals surface area contributed by atoms with E-state index in [9.17, 15) is 9.59 Å². The van der Waals surface area contributed by atoms with Crippen LogP contribution in [0.3, 0.4) is 0 Å². The second-order valence-electron chi connectivity index (χ2n) is 6.71. The molecular formula is C22H24N4O2S. The molecule has 0 unspecified atom stereocenters. The van der Waals surface area contributed by atoms with Crippen molar-refractivity contribution in [2.75, 3.05) is 17.2 Å². The number of carbonyl (C=O) groups is 2. The summed E-state index contributed by atoms with van der Waals surface area (Å²) in [6.07, 6.45) is 2.02. The zero-order chi connectivity index (χ0) is 20.5. The normalized spacial score (nSPS) is 10.4. The van der Waals surface area contributed by atoms with Crippen LogP contribution in [0.15, 0.2) is 60.0 Å². The fraction of sp³-hybridized carbons (Fsp3) is 0.227. The first kappa shape index (κ1) is 20.5. The first-order valence-electron chi connectivity index (χ1n) is 9.48. The lowest BCUT2D eigenvalue weighted by Crippen LogP contribution is -2.26. The monoisotopic (exact) mass is 408 g/mol. The number of hydrogen-bond donors (Lipinski definition) is 3. The van der Waals surface area contributed by atoms with Crippen molar-refractivity contribution in [3.05, 3.63) is 76.8 Å². The molecule has 2 aromatic carbocycles. The fourth-order valence-electron chi connectivity index (χ4n) is 2.73. The number of amides is 3. The SMILES string of the molecule is Cc1ccc(NC(=O)Nc2nc(CC(=O)NCCCc3ccccc3)cs2)cc1. The molecule has 1 heterocycles. The van der Waals surface area contributed by atoms with Gasteiger partial charge in [0.25, 0.3) is 0 Å². The van der Waals surface area contributed by atoms with E-state index in [0.29, 0.717) is 23.1 Å². The zero-order valence-electron chi connectivity index (χ0n) is 16.3. The number of benzene rings is 2. The molecule has 0 atom stereocenters. The molecule has 0 aliphatic carbocycles. The van der Waals surface area contributed by atoms with Gasteiger partial charge in [-0.15, -0.1) is 11.3 Å². The standard InChI is InChI=1S/C22H24N4O2S/c1-16-9-11-18(12-10-16)24-21(28)26-22-25-19(15-29-22)14-20(27)23-13-5-8-17-6-3-2-4-7-17/h2-4,6-7,9-12,15H,5,8,13-14H2,1H3,(H,23,27)(H2,24,25,26,28). The molecule has 3 rings (SSSR count). The minimum Gasteiger partial charge on any atom is -0.356 e. The second kappa shape index (κ2) is 10.4. The van der Waals surface area contributed by atoms with Gasteiger partial charge in [-0.1, -0.05) is 48.0 Å². The van der Waals surface area contributed by atoms with Crippen molar-refractivity contribution in [2.24, 2.45) is 0 Å². The fourth-order valence-corrected chi connectivity index (χ4v) is 3.44. The summed E-state index contributed by atoms with van der Waals surface area (Å²) in [5, 5.41) is 10.6. The molecule has 3 aromatic rings. The number of hydrogen-bond acceptors (Lipinski definition) is 4. The third-order valence-electron chi connectivity index (χ3n) is 4.23. The van der Waals surface area contributed by atoms with E-state index in [1.165, 1.54) is 16.9 Å². The summed E-state index contributed by atoms with van der Waals surface area (Å²) in [4.78, 5) is 28.4. The Morgan fingerprint density at radius 1 is 1.00 bits per heavy atom. The van der Waals surface area contributed by atoms with Crippen LogP contribution in [0, 0.1) is 6.92 Å². The third kappa shape index (κ3) is 7.04. The van der Waals surface area contributed by atoms with Crippen molar-refractivity contribution in [1.29, 1.82) is 0 Å². The highest BCUT2D eigenvalue weighted by Gasteiger charge is 2.10. The van der Waals surface area contributed by atoms with E-state index >= 15 is 0 Å². The number of urea groups is 1. The van der Waals surface area contributed by atoms with Gasteiger partial charge in [-0.25, -0.2) is 9.78 Å². The minimum absolute atomic E-state index is 0.0704. The van der Waals surface area contributed by atoms with Crippen LogP contribution in [0.4, 0.5) is 15.6 Å². The third-order valence-corrected chi connectivity index (χ3v) is 5.04. The molecule has 3 N–H and O–H groups in total. The van der Waals surface area contributed by atoms with Gasteiger partial charge < -0.3 is 10.6 Å². The zero-order valence-corrected chi connectivity index (χ0v) is 17.1. The summed E-state index contributed by atoms with van der Waals surface area (Å²) < 4.78 is 0. The van der Waals surface area contributed by atoms with Crippen molar-refractivity contribution < 1.29 is 9.59 Å². The molecule has 150 valence electrons. The number of rotatable bonds is 8. The highest BCUT2D eigenvalue weighted by atomic mass is 32.1. The Hall–Kier alpha value is -3.19. The predicted molar refractivity (Wildman–Crippen MR) is 117 cm³/mol. The Bertz CT molecular complexity index is 939. The molecule has 0 radical (unpaired) electrons. The number of nitrogens with zero attached hydrogens (tertiary/aromatic N) is 1. The molecule has 3 amide bonds. The molecule has 0 fully saturated rings. The van der Waals surface area contributed by atoms with Gasteiger partial charge in [-0.2, -0.15) is 0 Å². The molecule has 0 spiro atoms. The maximum atomic E-state index is 12.1. The van der Waals surface area contributed by atoms with Crippen molar-refractivity contribution >= 4 is 34.1 Å². The van der Waals surface area contributed by atoms with Gasteiger partial charge in [0.15, 0.2) is 5.13 Å². The molecule has 1 aromatic heterocycles. The van der Waals surface area contributed by atoms with E-state index in [0.717, 1.165) is 18.4 Å². The van der Waals surface area contributed by atoms with Gasteiger partial charge in [0.1, 0.15) is 0 Å². The quantitative estimate of drug-likeness (QED) is 0.484. The summed E-state index contributed by atoms with van der Waals surface area (Å²) in [7, 11) is 0. The Morgan fingerprint density at radius 2 is 1.76 bits per heavy atom. The highest BCUT2D eigenvalue weighted by molar-refractivity contribution is 7.14. The lowest BCUT2D eigenvalue weighted by molar-refractivity contribution is -0.120. The Kier molecular flexibility index (Phi) is 7.35. The van der Waals surface area contributed by atoms with E-state index < -0.39 is 0 Å². The molecular weight excluding hydrogens is 384 g/mol. The van der Waals surface area contributed by atoms with Crippen molar-refractivity contribution in [2.45, 2.75) is 26.2 Å². The summed E-state index contributed by atoms with van der Waals surface area (Å²) in [6.45, 7) is 2.61. The highest BCUT2D eigenvalue weighted by Crippen LogP contribution is 2.16. The summed E-state index contributed by atoms with van der Waals surface area (Å²) in [5.74, 6) is -0.0704. The van der Waals surface area contributed by atoms with Crippen LogP contribution >= 0.6 is 11.3 Å². The van der Waals surface area contributed by atoms with E-state index in [4.69, 9.17) is 0 Å². The summed E-state index contributed by atoms with van der Waals surface area (Å²) in [5.41, 5.74) is 3.74. The van der Waals surface area contributed by atoms with Gasteiger partial charge >= 0.3 is 6.03 Å². The Labute approximate surface area is 174 Å². The van der Waals surface area contributed by atoms with Gasteiger partial charge in [-0.3, -0.25) is 10.1 Å². The molecule has 0 aliphatic rings. The van der Waals surface area contributed by atoms with Gasteiger partial charge in [0.05, 0.1) is 12.1 Å². The maximum absolute atomic E-state index is 12.1.